The highest BCUT2D eigenvalue weighted by Crippen LogP contribution is 2.23. The number of amides is 1. The van der Waals surface area contributed by atoms with E-state index < -0.39 is 4.92 Å². The van der Waals surface area contributed by atoms with Gasteiger partial charge in [-0.05, 0) is 13.0 Å². The van der Waals surface area contributed by atoms with Crippen molar-refractivity contribution in [1.82, 2.24) is 4.57 Å². The third-order valence-corrected chi connectivity index (χ3v) is 4.30. The van der Waals surface area contributed by atoms with Crippen molar-refractivity contribution in [2.45, 2.75) is 27.3 Å². The molecule has 0 unspecified atom stereocenters. The Labute approximate surface area is 137 Å². The van der Waals surface area contributed by atoms with Gasteiger partial charge >= 0.3 is 0 Å². The molecule has 0 bridgehead atoms. The third-order valence-electron chi connectivity index (χ3n) is 3.24. The molecule has 0 N–H and O–H groups in total. The smallest absolute Gasteiger partial charge is 0.271 e. The second kappa shape index (κ2) is 7.47. The minimum absolute atomic E-state index is 0.0159. The number of aromatic nitrogens is 1. The molecule has 0 spiro atoms. The van der Waals surface area contributed by atoms with Gasteiger partial charge in [-0.15, -0.1) is 0 Å². The number of thiazole rings is 1. The fourth-order valence-electron chi connectivity index (χ4n) is 2.00. The molecule has 0 saturated heterocycles. The minimum Gasteiger partial charge on any atom is -0.380 e. The first-order valence-corrected chi connectivity index (χ1v) is 8.19. The Morgan fingerprint density at radius 2 is 2.22 bits per heavy atom. The first-order chi connectivity index (χ1) is 10.9. The van der Waals surface area contributed by atoms with E-state index in [1.54, 1.807) is 19.9 Å². The van der Waals surface area contributed by atoms with Gasteiger partial charge in [-0.3, -0.25) is 14.9 Å². The number of rotatable bonds is 6. The number of carbonyl (C=O) groups excluding carboxylic acids is 1. The molecule has 1 aromatic heterocycles. The SMILES string of the molecule is CCOCCn1c(=NC(=O)C(C)C)sc2ccc([N+](=O)[O-])cc21. The van der Waals surface area contributed by atoms with Gasteiger partial charge in [-0.25, -0.2) is 0 Å². The van der Waals surface area contributed by atoms with E-state index in [2.05, 4.69) is 4.99 Å². The van der Waals surface area contributed by atoms with Crippen molar-refractivity contribution in [1.29, 1.82) is 0 Å². The summed E-state index contributed by atoms with van der Waals surface area (Å²) in [7, 11) is 0. The zero-order valence-electron chi connectivity index (χ0n) is 13.3. The van der Waals surface area contributed by atoms with E-state index in [0.717, 1.165) is 4.70 Å². The summed E-state index contributed by atoms with van der Waals surface area (Å²) in [5.74, 6) is -0.411. The largest absolute Gasteiger partial charge is 0.380 e. The molecule has 0 atom stereocenters. The first-order valence-electron chi connectivity index (χ1n) is 7.38. The van der Waals surface area contributed by atoms with Gasteiger partial charge < -0.3 is 9.30 Å². The van der Waals surface area contributed by atoms with Crippen molar-refractivity contribution in [2.75, 3.05) is 13.2 Å². The van der Waals surface area contributed by atoms with Gasteiger partial charge in [0, 0.05) is 31.2 Å². The van der Waals surface area contributed by atoms with E-state index in [-0.39, 0.29) is 17.5 Å². The van der Waals surface area contributed by atoms with E-state index in [4.69, 9.17) is 4.74 Å². The first kappa shape index (κ1) is 17.3. The van der Waals surface area contributed by atoms with Gasteiger partial charge in [-0.2, -0.15) is 4.99 Å². The van der Waals surface area contributed by atoms with Crippen molar-refractivity contribution < 1.29 is 14.5 Å². The molecular formula is C15H19N3O4S. The predicted octanol–water partition coefficient (Wildman–Crippen LogP) is 2.73. The highest BCUT2D eigenvalue weighted by molar-refractivity contribution is 7.16. The van der Waals surface area contributed by atoms with E-state index in [9.17, 15) is 14.9 Å². The number of nitrogens with zero attached hydrogens (tertiary/aromatic N) is 3. The molecule has 1 amide bonds. The van der Waals surface area contributed by atoms with Crippen LogP contribution in [0.25, 0.3) is 10.2 Å². The lowest BCUT2D eigenvalue weighted by Crippen LogP contribution is -2.20. The van der Waals surface area contributed by atoms with E-state index in [1.165, 1.54) is 23.5 Å². The topological polar surface area (TPSA) is 86.7 Å². The molecule has 2 rings (SSSR count). The summed E-state index contributed by atoms with van der Waals surface area (Å²) < 4.78 is 8.02. The second-order valence-corrected chi connectivity index (χ2v) is 6.26. The molecule has 1 aromatic carbocycles. The van der Waals surface area contributed by atoms with Crippen LogP contribution >= 0.6 is 11.3 Å². The normalized spacial score (nSPS) is 12.3. The van der Waals surface area contributed by atoms with Crippen molar-refractivity contribution >= 4 is 33.1 Å². The van der Waals surface area contributed by atoms with Crippen LogP contribution in [0, 0.1) is 16.0 Å². The number of nitro benzene ring substituents is 1. The Morgan fingerprint density at radius 1 is 1.48 bits per heavy atom. The Kier molecular flexibility index (Phi) is 5.62. The number of carbonyl (C=O) groups is 1. The fraction of sp³-hybridized carbons (Fsp3) is 0.467. The van der Waals surface area contributed by atoms with Crippen LogP contribution in [0.4, 0.5) is 5.69 Å². The lowest BCUT2D eigenvalue weighted by atomic mass is 10.2. The van der Waals surface area contributed by atoms with E-state index >= 15 is 0 Å². The molecule has 0 aliphatic heterocycles. The van der Waals surface area contributed by atoms with Crippen molar-refractivity contribution in [3.05, 3.63) is 33.1 Å². The minimum atomic E-state index is -0.430. The van der Waals surface area contributed by atoms with Gasteiger partial charge in [0.05, 0.1) is 21.7 Å². The maximum absolute atomic E-state index is 11.9. The lowest BCUT2D eigenvalue weighted by molar-refractivity contribution is -0.384. The monoisotopic (exact) mass is 337 g/mol. The molecule has 7 nitrogen and oxygen atoms in total. The van der Waals surface area contributed by atoms with Gasteiger partial charge in [0.2, 0.25) is 0 Å². The Hall–Kier alpha value is -2.06. The standard InChI is InChI=1S/C15H19N3O4S/c1-4-22-8-7-17-12-9-11(18(20)21)5-6-13(12)23-15(17)16-14(19)10(2)3/h5-6,9-10H,4,7-8H2,1-3H3. The van der Waals surface area contributed by atoms with Crippen LogP contribution in [-0.2, 0) is 16.1 Å². The molecule has 0 fully saturated rings. The predicted molar refractivity (Wildman–Crippen MR) is 88.4 cm³/mol. The highest BCUT2D eigenvalue weighted by atomic mass is 32.1. The van der Waals surface area contributed by atoms with Gasteiger partial charge in [0.15, 0.2) is 4.80 Å². The van der Waals surface area contributed by atoms with E-state index in [1.807, 2.05) is 11.5 Å². The van der Waals surface area contributed by atoms with Crippen LogP contribution in [0.2, 0.25) is 0 Å². The zero-order valence-corrected chi connectivity index (χ0v) is 14.1. The third kappa shape index (κ3) is 4.02. The van der Waals surface area contributed by atoms with Gasteiger partial charge in [-0.1, -0.05) is 25.2 Å². The Morgan fingerprint density at radius 3 is 2.83 bits per heavy atom. The molecule has 23 heavy (non-hydrogen) atoms. The van der Waals surface area contributed by atoms with Crippen LogP contribution < -0.4 is 4.80 Å². The lowest BCUT2D eigenvalue weighted by Gasteiger charge is -2.05. The van der Waals surface area contributed by atoms with Crippen LogP contribution in [0.1, 0.15) is 20.8 Å². The van der Waals surface area contributed by atoms with Gasteiger partial charge in [0.25, 0.3) is 11.6 Å². The summed E-state index contributed by atoms with van der Waals surface area (Å²) in [6, 6.07) is 4.66. The number of hydrogen-bond acceptors (Lipinski definition) is 5. The highest BCUT2D eigenvalue weighted by Gasteiger charge is 2.13. The molecule has 124 valence electrons. The summed E-state index contributed by atoms with van der Waals surface area (Å²) in [5.41, 5.74) is 0.710. The molecule has 2 aromatic rings. The summed E-state index contributed by atoms with van der Waals surface area (Å²) in [6.45, 7) is 6.99. The molecule has 0 aliphatic carbocycles. The van der Waals surface area contributed by atoms with Crippen LogP contribution in [0.15, 0.2) is 23.2 Å². The molecule has 0 aliphatic rings. The fourth-order valence-corrected chi connectivity index (χ4v) is 3.04. The second-order valence-electron chi connectivity index (χ2n) is 5.25. The molecule has 0 saturated carbocycles. The Balaban J connectivity index is 2.58. The number of hydrogen-bond donors (Lipinski definition) is 0. The maximum Gasteiger partial charge on any atom is 0.271 e. The van der Waals surface area contributed by atoms with Crippen LogP contribution in [0.3, 0.4) is 0 Å². The molecule has 1 heterocycles. The number of fused-ring (bicyclic) bond motifs is 1. The average Bonchev–Trinajstić information content (AvgIpc) is 2.84. The number of non-ortho nitro benzene ring substituents is 1. The number of nitro groups is 1. The van der Waals surface area contributed by atoms with Crippen molar-refractivity contribution in [3.8, 4) is 0 Å². The summed E-state index contributed by atoms with van der Waals surface area (Å²) in [5, 5.41) is 11.0. The number of ether oxygens (including phenoxy) is 1. The average molecular weight is 337 g/mol. The maximum atomic E-state index is 11.9. The van der Waals surface area contributed by atoms with E-state index in [0.29, 0.717) is 30.1 Å². The summed E-state index contributed by atoms with van der Waals surface area (Å²) in [6.07, 6.45) is 0. The van der Waals surface area contributed by atoms with Gasteiger partial charge in [0.1, 0.15) is 0 Å². The summed E-state index contributed by atoms with van der Waals surface area (Å²) in [4.78, 5) is 27.2. The van der Waals surface area contributed by atoms with Crippen molar-refractivity contribution in [3.63, 3.8) is 0 Å². The molecular weight excluding hydrogens is 318 g/mol. The van der Waals surface area contributed by atoms with Crippen LogP contribution in [-0.4, -0.2) is 28.6 Å². The quantitative estimate of drug-likeness (QED) is 0.461. The molecule has 8 heteroatoms. The summed E-state index contributed by atoms with van der Waals surface area (Å²) >= 11 is 1.35. The number of benzene rings is 1. The molecule has 0 radical (unpaired) electrons. The zero-order chi connectivity index (χ0) is 17.0. The van der Waals surface area contributed by atoms with Crippen LogP contribution in [0.5, 0.6) is 0 Å². The Bertz CT molecular complexity index is 792. The van der Waals surface area contributed by atoms with Crippen molar-refractivity contribution in [2.24, 2.45) is 10.9 Å².